The number of amides is 1. The van der Waals surface area contributed by atoms with Crippen molar-refractivity contribution in [3.8, 4) is 0 Å². The number of carbonyl (C=O) groups is 3. The number of carboxylic acid groups (broad SMARTS) is 1. The third-order valence-electron chi connectivity index (χ3n) is 5.94. The lowest BCUT2D eigenvalue weighted by Crippen LogP contribution is -2.30. The molecule has 1 aliphatic rings. The first-order valence-corrected chi connectivity index (χ1v) is 11.7. The molecule has 1 amide bonds. The van der Waals surface area contributed by atoms with E-state index in [-0.39, 0.29) is 17.7 Å². The predicted molar refractivity (Wildman–Crippen MR) is 133 cm³/mol. The number of rotatable bonds is 7. The fourth-order valence-electron chi connectivity index (χ4n) is 4.16. The number of Topliss-reactive ketones (excluding diaryl/α,β-unsaturated/α-hetero) is 1. The SMILES string of the molecule is Cc1nc(C)c(C(=O)C2=C(O)C(=O)N(Cc3ccc(C(=O)O)cc3)C2c2ccc(N(C)C)cc2)s1. The number of aliphatic hydroxyl groups excluding tert-OH is 1. The van der Waals surface area contributed by atoms with Gasteiger partial charge in [-0.1, -0.05) is 24.3 Å². The van der Waals surface area contributed by atoms with Crippen LogP contribution in [0.5, 0.6) is 0 Å². The van der Waals surface area contributed by atoms with E-state index in [1.54, 1.807) is 26.0 Å². The lowest BCUT2D eigenvalue weighted by atomic mass is 9.94. The topological polar surface area (TPSA) is 111 Å². The summed E-state index contributed by atoms with van der Waals surface area (Å²) < 4.78 is 0. The number of anilines is 1. The quantitative estimate of drug-likeness (QED) is 0.474. The summed E-state index contributed by atoms with van der Waals surface area (Å²) in [4.78, 5) is 46.1. The summed E-state index contributed by atoms with van der Waals surface area (Å²) in [5.41, 5.74) is 2.99. The first-order valence-electron chi connectivity index (χ1n) is 10.9. The molecule has 0 saturated heterocycles. The van der Waals surface area contributed by atoms with Gasteiger partial charge in [0.1, 0.15) is 0 Å². The van der Waals surface area contributed by atoms with Crippen molar-refractivity contribution in [3.63, 3.8) is 0 Å². The molecule has 0 fully saturated rings. The summed E-state index contributed by atoms with van der Waals surface area (Å²) >= 11 is 1.23. The summed E-state index contributed by atoms with van der Waals surface area (Å²) in [5, 5.41) is 20.8. The molecule has 0 bridgehead atoms. The molecule has 0 radical (unpaired) electrons. The van der Waals surface area contributed by atoms with Crippen LogP contribution >= 0.6 is 11.3 Å². The Labute approximate surface area is 206 Å². The van der Waals surface area contributed by atoms with Gasteiger partial charge < -0.3 is 20.0 Å². The Balaban J connectivity index is 1.78. The van der Waals surface area contributed by atoms with Crippen molar-refractivity contribution in [2.24, 2.45) is 0 Å². The highest BCUT2D eigenvalue weighted by molar-refractivity contribution is 7.14. The molecule has 2 heterocycles. The van der Waals surface area contributed by atoms with Gasteiger partial charge in [-0.2, -0.15) is 0 Å². The fraction of sp³-hybridized carbons (Fsp3) is 0.231. The summed E-state index contributed by atoms with van der Waals surface area (Å²) in [5.74, 6) is -2.71. The molecule has 8 nitrogen and oxygen atoms in total. The van der Waals surface area contributed by atoms with Gasteiger partial charge in [-0.15, -0.1) is 11.3 Å². The fourth-order valence-corrected chi connectivity index (χ4v) is 5.04. The Morgan fingerprint density at radius 2 is 1.69 bits per heavy atom. The lowest BCUT2D eigenvalue weighted by molar-refractivity contribution is -0.130. The molecule has 1 aliphatic heterocycles. The van der Waals surface area contributed by atoms with Crippen LogP contribution in [0.2, 0.25) is 0 Å². The standard InChI is InChI=1S/C26H25N3O5S/c1-14-24(35-15(2)27-14)22(30)20-21(17-9-11-19(12-10-17)28(3)4)29(25(32)23(20)31)13-16-5-7-18(8-6-16)26(33)34/h5-12,21,31H,13H2,1-4H3,(H,33,34). The van der Waals surface area contributed by atoms with E-state index in [1.165, 1.54) is 28.4 Å². The van der Waals surface area contributed by atoms with Crippen LogP contribution < -0.4 is 4.90 Å². The Morgan fingerprint density at radius 1 is 1.06 bits per heavy atom. The van der Waals surface area contributed by atoms with Crippen molar-refractivity contribution in [3.05, 3.63) is 92.1 Å². The van der Waals surface area contributed by atoms with Crippen molar-refractivity contribution >= 4 is 34.7 Å². The monoisotopic (exact) mass is 491 g/mol. The minimum absolute atomic E-state index is 0.0153. The average Bonchev–Trinajstić information content (AvgIpc) is 3.29. The summed E-state index contributed by atoms with van der Waals surface area (Å²) in [6.07, 6.45) is 0. The van der Waals surface area contributed by atoms with Crippen LogP contribution in [0.15, 0.2) is 59.9 Å². The number of aromatic nitrogens is 1. The zero-order chi connectivity index (χ0) is 25.4. The van der Waals surface area contributed by atoms with Gasteiger partial charge in [-0.05, 0) is 49.2 Å². The van der Waals surface area contributed by atoms with E-state index >= 15 is 0 Å². The van der Waals surface area contributed by atoms with Crippen molar-refractivity contribution in [1.82, 2.24) is 9.88 Å². The molecule has 35 heavy (non-hydrogen) atoms. The number of aromatic carboxylic acids is 1. The second-order valence-corrected chi connectivity index (χ2v) is 9.77. The zero-order valence-corrected chi connectivity index (χ0v) is 20.6. The summed E-state index contributed by atoms with van der Waals surface area (Å²) in [6, 6.07) is 12.8. The van der Waals surface area contributed by atoms with E-state index < -0.39 is 29.5 Å². The average molecular weight is 492 g/mol. The van der Waals surface area contributed by atoms with Crippen molar-refractivity contribution in [2.45, 2.75) is 26.4 Å². The maximum absolute atomic E-state index is 13.6. The molecule has 1 atom stereocenters. The van der Waals surface area contributed by atoms with E-state index in [1.807, 2.05) is 43.3 Å². The molecular formula is C26H25N3O5S. The molecule has 180 valence electrons. The Morgan fingerprint density at radius 3 is 2.20 bits per heavy atom. The number of benzene rings is 2. The first kappa shape index (κ1) is 24.2. The number of carboxylic acids is 1. The number of hydrogen-bond donors (Lipinski definition) is 2. The molecule has 9 heteroatoms. The largest absolute Gasteiger partial charge is 0.503 e. The van der Waals surface area contributed by atoms with Gasteiger partial charge in [0.05, 0.1) is 32.8 Å². The van der Waals surface area contributed by atoms with Crippen LogP contribution in [-0.4, -0.2) is 51.9 Å². The highest BCUT2D eigenvalue weighted by atomic mass is 32.1. The van der Waals surface area contributed by atoms with Crippen LogP contribution in [0, 0.1) is 13.8 Å². The predicted octanol–water partition coefficient (Wildman–Crippen LogP) is 4.30. The van der Waals surface area contributed by atoms with E-state index in [4.69, 9.17) is 5.11 Å². The maximum Gasteiger partial charge on any atom is 0.335 e. The van der Waals surface area contributed by atoms with Crippen LogP contribution in [0.25, 0.3) is 0 Å². The summed E-state index contributed by atoms with van der Waals surface area (Å²) in [7, 11) is 3.83. The molecule has 2 N–H and O–H groups in total. The van der Waals surface area contributed by atoms with Crippen molar-refractivity contribution in [2.75, 3.05) is 19.0 Å². The van der Waals surface area contributed by atoms with Gasteiger partial charge in [0.15, 0.2) is 5.76 Å². The number of nitrogens with zero attached hydrogens (tertiary/aromatic N) is 3. The maximum atomic E-state index is 13.6. The smallest absolute Gasteiger partial charge is 0.335 e. The number of aryl methyl sites for hydroxylation is 2. The van der Waals surface area contributed by atoms with Crippen molar-refractivity contribution in [1.29, 1.82) is 0 Å². The van der Waals surface area contributed by atoms with Crippen LogP contribution in [0.1, 0.15) is 47.9 Å². The van der Waals surface area contributed by atoms with E-state index in [9.17, 15) is 19.5 Å². The van der Waals surface area contributed by atoms with Crippen LogP contribution in [0.4, 0.5) is 5.69 Å². The molecule has 4 rings (SSSR count). The minimum Gasteiger partial charge on any atom is -0.503 e. The Bertz CT molecular complexity index is 1340. The molecule has 2 aromatic carbocycles. The van der Waals surface area contributed by atoms with E-state index in [0.29, 0.717) is 21.7 Å². The van der Waals surface area contributed by atoms with E-state index in [0.717, 1.165) is 10.7 Å². The van der Waals surface area contributed by atoms with Gasteiger partial charge in [-0.25, -0.2) is 9.78 Å². The van der Waals surface area contributed by atoms with Gasteiger partial charge in [0, 0.05) is 26.3 Å². The van der Waals surface area contributed by atoms with Gasteiger partial charge in [-0.3, -0.25) is 9.59 Å². The van der Waals surface area contributed by atoms with E-state index in [2.05, 4.69) is 4.98 Å². The third kappa shape index (κ3) is 4.54. The number of ketones is 1. The zero-order valence-electron chi connectivity index (χ0n) is 19.8. The van der Waals surface area contributed by atoms with Crippen LogP contribution in [0.3, 0.4) is 0 Å². The normalized spacial score (nSPS) is 15.6. The first-order chi connectivity index (χ1) is 16.6. The molecule has 1 aromatic heterocycles. The summed E-state index contributed by atoms with van der Waals surface area (Å²) in [6.45, 7) is 3.61. The molecule has 0 aliphatic carbocycles. The van der Waals surface area contributed by atoms with Gasteiger partial charge >= 0.3 is 5.97 Å². The third-order valence-corrected chi connectivity index (χ3v) is 7.01. The lowest BCUT2D eigenvalue weighted by Gasteiger charge is -2.27. The number of hydrogen-bond acceptors (Lipinski definition) is 7. The Kier molecular flexibility index (Phi) is 6.45. The van der Waals surface area contributed by atoms with Gasteiger partial charge in [0.2, 0.25) is 5.78 Å². The second-order valence-electron chi connectivity index (χ2n) is 8.56. The minimum atomic E-state index is -1.05. The Hall–Kier alpha value is -3.98. The highest BCUT2D eigenvalue weighted by Crippen LogP contribution is 2.41. The molecule has 1 unspecified atom stereocenters. The number of carbonyl (C=O) groups excluding carboxylic acids is 2. The highest BCUT2D eigenvalue weighted by Gasteiger charge is 2.44. The number of aliphatic hydroxyl groups is 1. The van der Waals surface area contributed by atoms with Gasteiger partial charge in [0.25, 0.3) is 5.91 Å². The molecule has 3 aromatic rings. The van der Waals surface area contributed by atoms with Crippen LogP contribution in [-0.2, 0) is 11.3 Å². The second kappa shape index (κ2) is 9.34. The van der Waals surface area contributed by atoms with Crippen molar-refractivity contribution < 1.29 is 24.6 Å². The number of thiazole rings is 1. The molecule has 0 spiro atoms. The molecule has 0 saturated carbocycles. The molecular weight excluding hydrogens is 466 g/mol.